The highest BCUT2D eigenvalue weighted by atomic mass is 32.2. The molecule has 1 aliphatic carbocycles. The zero-order chi connectivity index (χ0) is 25.0. The number of hydrogen-bond acceptors (Lipinski definition) is 6. The number of carbonyl (C=O) groups is 2. The largest absolute Gasteiger partial charge is 0.452 e. The first-order valence-corrected chi connectivity index (χ1v) is 12.8. The number of amides is 1. The molecule has 0 unspecified atom stereocenters. The maximum absolute atomic E-state index is 12.9. The minimum Gasteiger partial charge on any atom is -0.452 e. The van der Waals surface area contributed by atoms with Gasteiger partial charge in [-0.3, -0.25) is 4.79 Å². The van der Waals surface area contributed by atoms with Gasteiger partial charge < -0.3 is 14.2 Å². The molecule has 0 aliphatic heterocycles. The lowest BCUT2D eigenvalue weighted by molar-refractivity contribution is -0.125. The predicted molar refractivity (Wildman–Crippen MR) is 131 cm³/mol. The summed E-state index contributed by atoms with van der Waals surface area (Å²) in [7, 11) is -4.19. The molecule has 0 saturated heterocycles. The Bertz CT molecular complexity index is 1370. The van der Waals surface area contributed by atoms with Crippen LogP contribution in [0.3, 0.4) is 0 Å². The van der Waals surface area contributed by atoms with Crippen LogP contribution in [0.5, 0.6) is 5.75 Å². The summed E-state index contributed by atoms with van der Waals surface area (Å²) in [6.45, 7) is 2.95. The molecular formula is C27H27NO6S. The molecule has 3 aromatic carbocycles. The molecule has 1 atom stereocenters. The van der Waals surface area contributed by atoms with Crippen LogP contribution in [0.4, 0.5) is 0 Å². The van der Waals surface area contributed by atoms with Gasteiger partial charge in [-0.1, -0.05) is 48.5 Å². The number of ether oxygens (including phenoxy) is 1. The Morgan fingerprint density at radius 3 is 2.57 bits per heavy atom. The van der Waals surface area contributed by atoms with Crippen LogP contribution in [0, 0.1) is 13.8 Å². The van der Waals surface area contributed by atoms with Crippen molar-refractivity contribution < 1.29 is 26.9 Å². The Morgan fingerprint density at radius 2 is 1.74 bits per heavy atom. The molecule has 1 N–H and O–H groups in total. The highest BCUT2D eigenvalue weighted by Crippen LogP contribution is 2.29. The van der Waals surface area contributed by atoms with Crippen molar-refractivity contribution in [2.24, 2.45) is 0 Å². The number of fused-ring (bicyclic) bond motifs is 1. The molecule has 0 bridgehead atoms. The van der Waals surface area contributed by atoms with E-state index in [1.807, 2.05) is 18.2 Å². The van der Waals surface area contributed by atoms with Gasteiger partial charge in [0.25, 0.3) is 5.91 Å². The highest BCUT2D eigenvalue weighted by Gasteiger charge is 2.25. The van der Waals surface area contributed by atoms with Gasteiger partial charge in [0.05, 0.1) is 6.04 Å². The van der Waals surface area contributed by atoms with Gasteiger partial charge in [0, 0.05) is 0 Å². The average Bonchev–Trinajstić information content (AvgIpc) is 2.84. The van der Waals surface area contributed by atoms with Crippen molar-refractivity contribution in [1.29, 1.82) is 0 Å². The minimum atomic E-state index is -4.19. The molecule has 0 heterocycles. The molecule has 35 heavy (non-hydrogen) atoms. The lowest BCUT2D eigenvalue weighted by Gasteiger charge is -2.26. The maximum atomic E-state index is 12.9. The van der Waals surface area contributed by atoms with E-state index in [2.05, 4.69) is 11.4 Å². The first-order valence-electron chi connectivity index (χ1n) is 11.4. The number of rotatable bonds is 7. The van der Waals surface area contributed by atoms with Crippen LogP contribution in [-0.4, -0.2) is 26.9 Å². The van der Waals surface area contributed by atoms with E-state index in [1.165, 1.54) is 23.8 Å². The smallest absolute Gasteiger partial charge is 0.342 e. The fourth-order valence-electron chi connectivity index (χ4n) is 4.20. The van der Waals surface area contributed by atoms with Crippen LogP contribution in [0.15, 0.2) is 71.6 Å². The summed E-state index contributed by atoms with van der Waals surface area (Å²) >= 11 is 0. The minimum absolute atomic E-state index is 0.0211. The third kappa shape index (κ3) is 5.71. The zero-order valence-electron chi connectivity index (χ0n) is 19.6. The second kappa shape index (κ2) is 10.3. The van der Waals surface area contributed by atoms with E-state index < -0.39 is 28.6 Å². The van der Waals surface area contributed by atoms with Crippen LogP contribution in [0.1, 0.15) is 51.5 Å². The summed E-state index contributed by atoms with van der Waals surface area (Å²) in [5, 5.41) is 2.92. The molecule has 0 aromatic heterocycles. The van der Waals surface area contributed by atoms with Gasteiger partial charge in [0.1, 0.15) is 10.5 Å². The molecule has 0 fully saturated rings. The van der Waals surface area contributed by atoms with Crippen LogP contribution in [0.2, 0.25) is 0 Å². The Morgan fingerprint density at radius 1 is 1.00 bits per heavy atom. The molecule has 4 rings (SSSR count). The van der Waals surface area contributed by atoms with E-state index >= 15 is 0 Å². The topological polar surface area (TPSA) is 98.8 Å². The normalized spacial score (nSPS) is 15.1. The van der Waals surface area contributed by atoms with Crippen LogP contribution < -0.4 is 9.50 Å². The Balaban J connectivity index is 1.43. The lowest BCUT2D eigenvalue weighted by atomic mass is 9.88. The molecule has 0 spiro atoms. The highest BCUT2D eigenvalue weighted by molar-refractivity contribution is 7.87. The Labute approximate surface area is 205 Å². The van der Waals surface area contributed by atoms with Gasteiger partial charge >= 0.3 is 16.1 Å². The SMILES string of the molecule is Cc1ccc(C)c(S(=O)(=O)Oc2ccccc2C(=O)OCC(=O)N[C@H]2CCCc3ccccc32)c1. The fraction of sp³-hybridized carbons (Fsp3) is 0.259. The first kappa shape index (κ1) is 24.5. The standard InChI is InChI=1S/C27H27NO6S/c1-18-14-15-19(2)25(16-18)35(31,32)34-24-13-6-5-11-22(24)27(30)33-17-26(29)28-23-12-7-9-20-8-3-4-10-21(20)23/h3-6,8,10-11,13-16,23H,7,9,12,17H2,1-2H3,(H,28,29)/t23-/m0/s1. The summed E-state index contributed by atoms with van der Waals surface area (Å²) in [5.74, 6) is -1.45. The number of benzene rings is 3. The molecule has 0 saturated carbocycles. The van der Waals surface area contributed by atoms with E-state index in [-0.39, 0.29) is 22.3 Å². The number of carbonyl (C=O) groups excluding carboxylic acids is 2. The van der Waals surface area contributed by atoms with Gasteiger partial charge in [-0.2, -0.15) is 8.42 Å². The number of para-hydroxylation sites is 1. The van der Waals surface area contributed by atoms with Crippen molar-refractivity contribution in [1.82, 2.24) is 5.32 Å². The molecule has 182 valence electrons. The maximum Gasteiger partial charge on any atom is 0.342 e. The van der Waals surface area contributed by atoms with Gasteiger partial charge in [-0.15, -0.1) is 0 Å². The van der Waals surface area contributed by atoms with Gasteiger partial charge in [0.15, 0.2) is 12.4 Å². The van der Waals surface area contributed by atoms with Crippen molar-refractivity contribution in [2.75, 3.05) is 6.61 Å². The lowest BCUT2D eigenvalue weighted by Crippen LogP contribution is -2.34. The number of hydrogen-bond donors (Lipinski definition) is 1. The molecule has 7 nitrogen and oxygen atoms in total. The van der Waals surface area contributed by atoms with Crippen LogP contribution >= 0.6 is 0 Å². The third-order valence-electron chi connectivity index (χ3n) is 5.96. The quantitative estimate of drug-likeness (QED) is 0.386. The van der Waals surface area contributed by atoms with Crippen LogP contribution in [0.25, 0.3) is 0 Å². The molecule has 1 aliphatic rings. The van der Waals surface area contributed by atoms with Crippen molar-refractivity contribution in [2.45, 2.75) is 44.0 Å². The van der Waals surface area contributed by atoms with E-state index in [1.54, 1.807) is 38.1 Å². The summed E-state index contributed by atoms with van der Waals surface area (Å²) in [4.78, 5) is 25.3. The molecule has 3 aromatic rings. The van der Waals surface area contributed by atoms with Crippen LogP contribution in [-0.2, 0) is 26.1 Å². The Kier molecular flexibility index (Phi) is 7.21. The number of nitrogens with one attached hydrogen (secondary N) is 1. The summed E-state index contributed by atoms with van der Waals surface area (Å²) in [5.41, 5.74) is 3.48. The van der Waals surface area contributed by atoms with Crippen molar-refractivity contribution in [3.05, 3.63) is 94.5 Å². The van der Waals surface area contributed by atoms with Crippen molar-refractivity contribution in [3.63, 3.8) is 0 Å². The van der Waals surface area contributed by atoms with Crippen molar-refractivity contribution >= 4 is 22.0 Å². The Hall–Kier alpha value is -3.65. The number of aryl methyl sites for hydroxylation is 3. The van der Waals surface area contributed by atoms with Gasteiger partial charge in [0.2, 0.25) is 0 Å². The third-order valence-corrected chi connectivity index (χ3v) is 7.34. The summed E-state index contributed by atoms with van der Waals surface area (Å²) in [6.07, 6.45) is 2.74. The molecule has 8 heteroatoms. The number of esters is 1. The van der Waals surface area contributed by atoms with Gasteiger partial charge in [-0.25, -0.2) is 4.79 Å². The average molecular weight is 494 g/mol. The molecule has 1 amide bonds. The van der Waals surface area contributed by atoms with Gasteiger partial charge in [-0.05, 0) is 73.6 Å². The monoisotopic (exact) mass is 493 g/mol. The van der Waals surface area contributed by atoms with Crippen molar-refractivity contribution in [3.8, 4) is 5.75 Å². The van der Waals surface area contributed by atoms with E-state index in [0.717, 1.165) is 30.4 Å². The second-order valence-electron chi connectivity index (χ2n) is 8.59. The zero-order valence-corrected chi connectivity index (χ0v) is 20.4. The molecule has 0 radical (unpaired) electrons. The second-order valence-corrected chi connectivity index (χ2v) is 10.1. The van der Waals surface area contributed by atoms with E-state index in [0.29, 0.717) is 5.56 Å². The summed E-state index contributed by atoms with van der Waals surface area (Å²) in [6, 6.07) is 18.7. The first-order chi connectivity index (χ1) is 16.7. The van der Waals surface area contributed by atoms with E-state index in [9.17, 15) is 18.0 Å². The summed E-state index contributed by atoms with van der Waals surface area (Å²) < 4.78 is 36.3. The van der Waals surface area contributed by atoms with E-state index in [4.69, 9.17) is 8.92 Å². The predicted octanol–water partition coefficient (Wildman–Crippen LogP) is 4.42. The molecular weight excluding hydrogens is 466 g/mol. The fourth-order valence-corrected chi connectivity index (χ4v) is 5.46.